The molecule has 0 bridgehead atoms. The number of nitrogen functional groups attached to an aromatic ring is 1. The average Bonchev–Trinajstić information content (AvgIpc) is 2.31. The van der Waals surface area contributed by atoms with Gasteiger partial charge in [-0.05, 0) is 41.9 Å². The van der Waals surface area contributed by atoms with Crippen LogP contribution in [0.3, 0.4) is 0 Å². The van der Waals surface area contributed by atoms with Gasteiger partial charge in [-0.15, -0.1) is 0 Å². The molecule has 1 aromatic carbocycles. The molecule has 0 unspecified atom stereocenters. The van der Waals surface area contributed by atoms with Crippen LogP contribution in [0, 0.1) is 0 Å². The number of benzene rings is 1. The predicted molar refractivity (Wildman–Crippen MR) is 74.5 cm³/mol. The molecule has 0 spiro atoms. The van der Waals surface area contributed by atoms with Crippen molar-refractivity contribution in [2.24, 2.45) is 0 Å². The molecule has 1 aromatic rings. The third-order valence-corrected chi connectivity index (χ3v) is 4.03. The van der Waals surface area contributed by atoms with Gasteiger partial charge in [-0.2, -0.15) is 0 Å². The molecule has 1 amide bonds. The van der Waals surface area contributed by atoms with Gasteiger partial charge in [0.2, 0.25) is 0 Å². The van der Waals surface area contributed by atoms with Gasteiger partial charge in [0.05, 0.1) is 28.8 Å². The molecule has 1 aliphatic rings. The van der Waals surface area contributed by atoms with Crippen molar-refractivity contribution in [3.05, 3.63) is 28.2 Å². The van der Waals surface area contributed by atoms with Crippen molar-refractivity contribution < 1.29 is 9.53 Å². The van der Waals surface area contributed by atoms with Crippen LogP contribution in [0.2, 0.25) is 0 Å². The summed E-state index contributed by atoms with van der Waals surface area (Å²) in [5.74, 6) is -0.0116. The monoisotopic (exact) mass is 312 g/mol. The molecule has 4 nitrogen and oxygen atoms in total. The molecule has 98 valence electrons. The van der Waals surface area contributed by atoms with Crippen LogP contribution in [-0.2, 0) is 4.74 Å². The molecule has 1 aliphatic heterocycles. The van der Waals surface area contributed by atoms with E-state index < -0.39 is 0 Å². The Hall–Kier alpha value is -1.07. The quantitative estimate of drug-likeness (QED) is 0.809. The number of rotatable bonds is 1. The van der Waals surface area contributed by atoms with E-state index in [0.717, 1.165) is 0 Å². The fourth-order valence-electron chi connectivity index (χ4n) is 2.10. The third-order valence-electron chi connectivity index (χ3n) is 3.15. The minimum Gasteiger partial charge on any atom is -0.398 e. The van der Waals surface area contributed by atoms with E-state index in [0.29, 0.717) is 35.5 Å². The Bertz CT molecular complexity index is 474. The van der Waals surface area contributed by atoms with Gasteiger partial charge in [0.15, 0.2) is 0 Å². The number of hydrogen-bond donors (Lipinski definition) is 1. The van der Waals surface area contributed by atoms with E-state index in [1.807, 2.05) is 18.7 Å². The highest BCUT2D eigenvalue weighted by molar-refractivity contribution is 9.10. The van der Waals surface area contributed by atoms with Gasteiger partial charge in [0.1, 0.15) is 0 Å². The standard InChI is InChI=1S/C13H17BrN2O2/c1-13(2)8-18-7-6-16(13)12(17)9-4-3-5-10(15)11(9)14/h3-5H,6-8,15H2,1-2H3. The van der Waals surface area contributed by atoms with E-state index in [1.165, 1.54) is 0 Å². The molecule has 0 aromatic heterocycles. The molecule has 1 heterocycles. The minimum absolute atomic E-state index is 0.0116. The summed E-state index contributed by atoms with van der Waals surface area (Å²) in [6, 6.07) is 5.35. The molecule has 2 rings (SSSR count). The van der Waals surface area contributed by atoms with E-state index in [-0.39, 0.29) is 11.4 Å². The number of nitrogens with zero attached hydrogens (tertiary/aromatic N) is 1. The lowest BCUT2D eigenvalue weighted by Crippen LogP contribution is -2.55. The lowest BCUT2D eigenvalue weighted by molar-refractivity contribution is -0.0371. The largest absolute Gasteiger partial charge is 0.398 e. The Morgan fingerprint density at radius 2 is 2.22 bits per heavy atom. The second kappa shape index (κ2) is 4.90. The van der Waals surface area contributed by atoms with E-state index in [9.17, 15) is 4.79 Å². The van der Waals surface area contributed by atoms with Crippen LogP contribution in [0.5, 0.6) is 0 Å². The summed E-state index contributed by atoms with van der Waals surface area (Å²) in [6.45, 7) is 5.75. The number of halogens is 1. The summed E-state index contributed by atoms with van der Waals surface area (Å²) in [7, 11) is 0. The van der Waals surface area contributed by atoms with E-state index in [1.54, 1.807) is 18.2 Å². The number of ether oxygens (including phenoxy) is 1. The van der Waals surface area contributed by atoms with Gasteiger partial charge in [-0.25, -0.2) is 0 Å². The third kappa shape index (κ3) is 2.37. The van der Waals surface area contributed by atoms with Crippen LogP contribution in [0.4, 0.5) is 5.69 Å². The topological polar surface area (TPSA) is 55.6 Å². The lowest BCUT2D eigenvalue weighted by atomic mass is 10.0. The van der Waals surface area contributed by atoms with Crippen molar-refractivity contribution in [1.82, 2.24) is 4.90 Å². The minimum atomic E-state index is -0.292. The number of anilines is 1. The first kappa shape index (κ1) is 13.4. The summed E-state index contributed by atoms with van der Waals surface area (Å²) in [5.41, 5.74) is 6.70. The zero-order valence-corrected chi connectivity index (χ0v) is 12.2. The average molecular weight is 313 g/mol. The Balaban J connectivity index is 2.33. The number of nitrogens with two attached hydrogens (primary N) is 1. The number of amides is 1. The van der Waals surface area contributed by atoms with Crippen LogP contribution in [0.15, 0.2) is 22.7 Å². The van der Waals surface area contributed by atoms with Gasteiger partial charge in [0, 0.05) is 12.2 Å². The highest BCUT2D eigenvalue weighted by Crippen LogP contribution is 2.28. The maximum absolute atomic E-state index is 12.6. The highest BCUT2D eigenvalue weighted by Gasteiger charge is 2.35. The molecule has 18 heavy (non-hydrogen) atoms. The maximum Gasteiger partial charge on any atom is 0.255 e. The fraction of sp³-hybridized carbons (Fsp3) is 0.462. The van der Waals surface area contributed by atoms with Gasteiger partial charge in [-0.1, -0.05) is 6.07 Å². The first-order chi connectivity index (χ1) is 8.43. The molecular formula is C13H17BrN2O2. The van der Waals surface area contributed by atoms with Crippen LogP contribution < -0.4 is 5.73 Å². The number of morpholine rings is 1. The molecular weight excluding hydrogens is 296 g/mol. The van der Waals surface area contributed by atoms with E-state index in [2.05, 4.69) is 15.9 Å². The predicted octanol–water partition coefficient (Wildman–Crippen LogP) is 2.28. The molecule has 5 heteroatoms. The van der Waals surface area contributed by atoms with E-state index >= 15 is 0 Å². The second-order valence-corrected chi connectivity index (χ2v) is 5.82. The summed E-state index contributed by atoms with van der Waals surface area (Å²) in [4.78, 5) is 14.4. The van der Waals surface area contributed by atoms with Crippen molar-refractivity contribution in [2.45, 2.75) is 19.4 Å². The fourth-order valence-corrected chi connectivity index (χ4v) is 2.53. The SMILES string of the molecule is CC1(C)COCCN1C(=O)c1cccc(N)c1Br. The first-order valence-corrected chi connectivity index (χ1v) is 6.66. The number of carbonyl (C=O) groups excluding carboxylic acids is 1. The molecule has 2 N–H and O–H groups in total. The van der Waals surface area contributed by atoms with Gasteiger partial charge < -0.3 is 15.4 Å². The first-order valence-electron chi connectivity index (χ1n) is 5.87. The Morgan fingerprint density at radius 3 is 2.89 bits per heavy atom. The zero-order chi connectivity index (χ0) is 13.3. The molecule has 0 saturated carbocycles. The normalized spacial score (nSPS) is 18.7. The van der Waals surface area contributed by atoms with Crippen LogP contribution in [0.1, 0.15) is 24.2 Å². The lowest BCUT2D eigenvalue weighted by Gasteiger charge is -2.42. The molecule has 1 fully saturated rings. The smallest absolute Gasteiger partial charge is 0.255 e. The molecule has 0 aliphatic carbocycles. The van der Waals surface area contributed by atoms with Crippen molar-refractivity contribution >= 4 is 27.5 Å². The number of hydrogen-bond acceptors (Lipinski definition) is 3. The molecule has 0 atom stereocenters. The number of carbonyl (C=O) groups is 1. The zero-order valence-electron chi connectivity index (χ0n) is 10.6. The van der Waals surface area contributed by atoms with Crippen LogP contribution in [-0.4, -0.2) is 36.1 Å². The van der Waals surface area contributed by atoms with Crippen molar-refractivity contribution in [3.8, 4) is 0 Å². The molecule has 1 saturated heterocycles. The Labute approximate surface area is 115 Å². The highest BCUT2D eigenvalue weighted by atomic mass is 79.9. The van der Waals surface area contributed by atoms with Gasteiger partial charge >= 0.3 is 0 Å². The van der Waals surface area contributed by atoms with Crippen molar-refractivity contribution in [2.75, 3.05) is 25.5 Å². The summed E-state index contributed by atoms with van der Waals surface area (Å²) < 4.78 is 6.09. The van der Waals surface area contributed by atoms with Crippen LogP contribution in [0.25, 0.3) is 0 Å². The Morgan fingerprint density at radius 1 is 1.50 bits per heavy atom. The Kier molecular flexibility index (Phi) is 3.64. The van der Waals surface area contributed by atoms with Crippen molar-refractivity contribution in [3.63, 3.8) is 0 Å². The maximum atomic E-state index is 12.6. The summed E-state index contributed by atoms with van der Waals surface area (Å²) >= 11 is 3.38. The summed E-state index contributed by atoms with van der Waals surface area (Å²) in [6.07, 6.45) is 0. The van der Waals surface area contributed by atoms with Gasteiger partial charge in [0.25, 0.3) is 5.91 Å². The van der Waals surface area contributed by atoms with Gasteiger partial charge in [-0.3, -0.25) is 4.79 Å². The van der Waals surface area contributed by atoms with Crippen molar-refractivity contribution in [1.29, 1.82) is 0 Å². The molecule has 0 radical (unpaired) electrons. The second-order valence-electron chi connectivity index (χ2n) is 5.03. The van der Waals surface area contributed by atoms with Crippen LogP contribution >= 0.6 is 15.9 Å². The summed E-state index contributed by atoms with van der Waals surface area (Å²) in [5, 5.41) is 0. The van der Waals surface area contributed by atoms with E-state index in [4.69, 9.17) is 10.5 Å².